The lowest BCUT2D eigenvalue weighted by atomic mass is 9.94. The Hall–Kier alpha value is -5.04. The monoisotopic (exact) mass is 646 g/mol. The summed E-state index contributed by atoms with van der Waals surface area (Å²) in [5, 5.41) is 0.227. The van der Waals surface area contributed by atoms with Gasteiger partial charge in [-0.15, -0.1) is 0 Å². The highest BCUT2D eigenvalue weighted by Gasteiger charge is 2.48. The van der Waals surface area contributed by atoms with Crippen molar-refractivity contribution in [3.8, 4) is 22.6 Å². The van der Waals surface area contributed by atoms with E-state index in [0.29, 0.717) is 24.6 Å². The molecule has 13 heteroatoms. The fourth-order valence-corrected chi connectivity index (χ4v) is 8.28. The van der Waals surface area contributed by atoms with Crippen molar-refractivity contribution in [3.05, 3.63) is 101 Å². The number of rotatable bonds is 6. The molecular formula is C33H28F2N4O6S. The minimum absolute atomic E-state index is 0.0426. The molecule has 4 heterocycles. The SMILES string of the molecule is CC1=CC=CCC1(C)S(=O)(=O)n1ccc2c(-c3cc(N4C(=O)[C@@H]5CCCN5C4=O)ccc3Oc3ccc(F)cc3F)c[nH]c(=O)c21. The number of fused-ring (bicyclic) bond motifs is 2. The first kappa shape index (κ1) is 29.7. The maximum absolute atomic E-state index is 14.7. The molecule has 3 aliphatic rings. The Labute approximate surface area is 262 Å². The predicted octanol–water partition coefficient (Wildman–Crippen LogP) is 5.84. The van der Waals surface area contributed by atoms with Crippen LogP contribution in [0.5, 0.6) is 11.5 Å². The van der Waals surface area contributed by atoms with Crippen LogP contribution in [0.15, 0.2) is 83.5 Å². The van der Waals surface area contributed by atoms with Gasteiger partial charge in [0.05, 0.1) is 5.69 Å². The molecule has 1 aliphatic carbocycles. The summed E-state index contributed by atoms with van der Waals surface area (Å²) < 4.78 is 62.2. The van der Waals surface area contributed by atoms with Crippen LogP contribution in [-0.4, -0.2) is 51.5 Å². The van der Waals surface area contributed by atoms with Crippen LogP contribution in [0.4, 0.5) is 19.3 Å². The van der Waals surface area contributed by atoms with Gasteiger partial charge in [0, 0.05) is 41.5 Å². The summed E-state index contributed by atoms with van der Waals surface area (Å²) in [5.74, 6) is -2.41. The van der Waals surface area contributed by atoms with E-state index in [2.05, 4.69) is 4.98 Å². The molecule has 46 heavy (non-hydrogen) atoms. The third-order valence-corrected chi connectivity index (χ3v) is 11.6. The molecule has 3 amide bonds. The molecule has 2 atom stereocenters. The van der Waals surface area contributed by atoms with Gasteiger partial charge in [0.15, 0.2) is 11.6 Å². The van der Waals surface area contributed by atoms with Crippen LogP contribution in [0.1, 0.15) is 33.1 Å². The third-order valence-electron chi connectivity index (χ3n) is 9.18. The summed E-state index contributed by atoms with van der Waals surface area (Å²) in [6, 6.07) is 7.66. The van der Waals surface area contributed by atoms with Crippen LogP contribution in [0.2, 0.25) is 0 Å². The predicted molar refractivity (Wildman–Crippen MR) is 167 cm³/mol. The van der Waals surface area contributed by atoms with Crippen LogP contribution < -0.4 is 15.2 Å². The van der Waals surface area contributed by atoms with Gasteiger partial charge in [0.25, 0.3) is 11.5 Å². The second-order valence-electron chi connectivity index (χ2n) is 11.8. The van der Waals surface area contributed by atoms with Gasteiger partial charge in [-0.1, -0.05) is 23.8 Å². The molecule has 1 N–H and O–H groups in total. The number of halogens is 2. The van der Waals surface area contributed by atoms with Crippen LogP contribution in [0.3, 0.4) is 0 Å². The Balaban J connectivity index is 1.42. The summed E-state index contributed by atoms with van der Waals surface area (Å²) in [6.45, 7) is 3.77. The zero-order chi connectivity index (χ0) is 32.5. The van der Waals surface area contributed by atoms with Gasteiger partial charge >= 0.3 is 6.03 Å². The average molecular weight is 647 g/mol. The number of benzene rings is 2. The summed E-state index contributed by atoms with van der Waals surface area (Å²) >= 11 is 0. The number of hydrogen-bond acceptors (Lipinski definition) is 6. The number of urea groups is 1. The quantitative estimate of drug-likeness (QED) is 0.263. The Bertz CT molecular complexity index is 2180. The maximum Gasteiger partial charge on any atom is 0.332 e. The first-order valence-electron chi connectivity index (χ1n) is 14.7. The van der Waals surface area contributed by atoms with Gasteiger partial charge in [0.2, 0.25) is 10.0 Å². The van der Waals surface area contributed by atoms with Crippen molar-refractivity contribution >= 4 is 38.6 Å². The Morgan fingerprint density at radius 1 is 1.02 bits per heavy atom. The number of allylic oxidation sites excluding steroid dienone is 3. The molecule has 2 fully saturated rings. The molecule has 2 aliphatic heterocycles. The lowest BCUT2D eigenvalue weighted by molar-refractivity contribution is -0.119. The molecule has 0 bridgehead atoms. The molecule has 0 saturated carbocycles. The number of ether oxygens (including phenoxy) is 1. The van der Waals surface area contributed by atoms with E-state index in [1.165, 1.54) is 41.6 Å². The lowest BCUT2D eigenvalue weighted by Crippen LogP contribution is -2.41. The molecule has 0 spiro atoms. The standard InChI is InChI=1S/C33H28F2N4O6S/c1-19-6-3-4-13-33(19,2)46(43,44)38-15-12-22-24(18-36-30(40)29(22)38)23-17-21(39-31(41)26-7-5-14-37(26)32(39)42)9-11-27(23)45-28-10-8-20(34)16-25(28)35/h3-4,6,8-12,15-18,26H,5,7,13-14H2,1-2H3,(H,36,40)/t26-,33?/m0/s1. The largest absolute Gasteiger partial charge is 0.454 e. The van der Waals surface area contributed by atoms with Crippen LogP contribution in [0, 0.1) is 11.6 Å². The molecular weight excluding hydrogens is 618 g/mol. The number of carbonyl (C=O) groups excluding carboxylic acids is 2. The van der Waals surface area contributed by atoms with E-state index < -0.39 is 44.0 Å². The summed E-state index contributed by atoms with van der Waals surface area (Å²) in [6.07, 6.45) is 9.39. The van der Waals surface area contributed by atoms with Gasteiger partial charge in [-0.3, -0.25) is 9.59 Å². The van der Waals surface area contributed by atoms with Crippen LogP contribution in [0.25, 0.3) is 22.0 Å². The summed E-state index contributed by atoms with van der Waals surface area (Å²) in [4.78, 5) is 45.1. The van der Waals surface area contributed by atoms with Gasteiger partial charge in [-0.05, 0) is 69.5 Å². The Morgan fingerprint density at radius 3 is 2.54 bits per heavy atom. The zero-order valence-corrected chi connectivity index (χ0v) is 25.6. The van der Waals surface area contributed by atoms with Crippen molar-refractivity contribution in [1.82, 2.24) is 13.9 Å². The molecule has 1 unspecified atom stereocenters. The van der Waals surface area contributed by atoms with Crippen molar-refractivity contribution in [2.24, 2.45) is 0 Å². The number of anilines is 1. The van der Waals surface area contributed by atoms with E-state index in [9.17, 15) is 31.6 Å². The van der Waals surface area contributed by atoms with E-state index in [1.807, 2.05) is 0 Å². The zero-order valence-electron chi connectivity index (χ0n) is 24.8. The molecule has 0 radical (unpaired) electrons. The lowest BCUT2D eigenvalue weighted by Gasteiger charge is -2.31. The van der Waals surface area contributed by atoms with E-state index in [0.717, 1.165) is 27.4 Å². The number of imide groups is 1. The number of hydrogen-bond donors (Lipinski definition) is 1. The number of amides is 3. The maximum atomic E-state index is 14.7. The highest BCUT2D eigenvalue weighted by atomic mass is 32.2. The highest BCUT2D eigenvalue weighted by molar-refractivity contribution is 7.91. The number of H-pyrrole nitrogens is 1. The van der Waals surface area contributed by atoms with Crippen molar-refractivity contribution in [2.75, 3.05) is 11.4 Å². The van der Waals surface area contributed by atoms with Gasteiger partial charge in [-0.2, -0.15) is 0 Å². The van der Waals surface area contributed by atoms with Crippen molar-refractivity contribution < 1.29 is 31.5 Å². The fraction of sp³-hybridized carbons (Fsp3) is 0.242. The number of carbonyl (C=O) groups is 2. The van der Waals surface area contributed by atoms with E-state index in [4.69, 9.17) is 4.74 Å². The second kappa shape index (κ2) is 10.5. The minimum Gasteiger partial charge on any atom is -0.454 e. The minimum atomic E-state index is -4.17. The summed E-state index contributed by atoms with van der Waals surface area (Å²) in [5.41, 5.74) is 0.489. The van der Waals surface area contributed by atoms with E-state index in [1.54, 1.807) is 32.1 Å². The molecule has 2 aromatic carbocycles. The Kier molecular flexibility index (Phi) is 6.78. The topological polar surface area (TPSA) is 122 Å². The smallest absolute Gasteiger partial charge is 0.332 e. The van der Waals surface area contributed by atoms with Crippen molar-refractivity contribution in [2.45, 2.75) is 43.9 Å². The third kappa shape index (κ3) is 4.32. The number of aromatic nitrogens is 2. The normalized spacial score (nSPS) is 21.3. The van der Waals surface area contributed by atoms with E-state index >= 15 is 0 Å². The summed E-state index contributed by atoms with van der Waals surface area (Å²) in [7, 11) is -4.17. The second-order valence-corrected chi connectivity index (χ2v) is 14.0. The van der Waals surface area contributed by atoms with Gasteiger partial charge < -0.3 is 14.6 Å². The number of nitrogens with one attached hydrogen (secondary N) is 1. The highest BCUT2D eigenvalue weighted by Crippen LogP contribution is 2.42. The van der Waals surface area contributed by atoms with Crippen molar-refractivity contribution in [3.63, 3.8) is 0 Å². The first-order chi connectivity index (χ1) is 21.9. The van der Waals surface area contributed by atoms with Crippen LogP contribution >= 0.6 is 0 Å². The molecule has 236 valence electrons. The van der Waals surface area contributed by atoms with E-state index in [-0.39, 0.29) is 51.5 Å². The fourth-order valence-electron chi connectivity index (χ4n) is 6.42. The molecule has 7 rings (SSSR count). The number of pyridine rings is 1. The van der Waals surface area contributed by atoms with Gasteiger partial charge in [-0.25, -0.2) is 30.9 Å². The van der Waals surface area contributed by atoms with Crippen molar-refractivity contribution in [1.29, 1.82) is 0 Å². The molecule has 2 saturated heterocycles. The van der Waals surface area contributed by atoms with Crippen LogP contribution in [-0.2, 0) is 14.8 Å². The first-order valence-corrected chi connectivity index (χ1v) is 16.1. The Morgan fingerprint density at radius 2 is 1.80 bits per heavy atom. The average Bonchev–Trinajstić information content (AvgIpc) is 3.74. The number of aromatic amines is 1. The molecule has 4 aromatic rings. The van der Waals surface area contributed by atoms with Gasteiger partial charge in [0.1, 0.15) is 27.9 Å². The molecule has 10 nitrogen and oxygen atoms in total. The number of nitrogens with zero attached hydrogens (tertiary/aromatic N) is 3. The molecule has 2 aromatic heterocycles.